The van der Waals surface area contributed by atoms with E-state index in [9.17, 15) is 4.79 Å². The number of carboxylic acids is 1. The van der Waals surface area contributed by atoms with Crippen molar-refractivity contribution in [3.63, 3.8) is 0 Å². The average Bonchev–Trinajstić information content (AvgIpc) is 2.38. The van der Waals surface area contributed by atoms with Gasteiger partial charge in [-0.2, -0.15) is 0 Å². The summed E-state index contributed by atoms with van der Waals surface area (Å²) in [4.78, 5) is 14.9. The molecule has 0 aliphatic carbocycles. The minimum atomic E-state index is -0.887. The molecule has 20 heavy (non-hydrogen) atoms. The van der Waals surface area contributed by atoms with Crippen LogP contribution in [0.3, 0.4) is 0 Å². The van der Waals surface area contributed by atoms with Crippen molar-refractivity contribution in [2.45, 2.75) is 13.3 Å². The summed E-state index contributed by atoms with van der Waals surface area (Å²) in [5, 5.41) is 10.6. The number of carbonyl (C=O) groups is 1. The Morgan fingerprint density at radius 1 is 1.30 bits per heavy atom. The summed E-state index contributed by atoms with van der Waals surface area (Å²) >= 11 is 0. The predicted octanol–water partition coefficient (Wildman–Crippen LogP) is 1.62. The van der Waals surface area contributed by atoms with E-state index >= 15 is 0 Å². The molecule has 0 saturated heterocycles. The number of carboxylic acid groups (broad SMARTS) is 1. The average molecular weight is 269 g/mol. The Kier molecular flexibility index (Phi) is 5.87. The van der Waals surface area contributed by atoms with E-state index in [1.165, 1.54) is 0 Å². The molecule has 0 amide bonds. The van der Waals surface area contributed by atoms with Crippen LogP contribution in [0.1, 0.15) is 12.5 Å². The molecule has 0 saturated carbocycles. The first-order chi connectivity index (χ1) is 9.15. The number of fused-ring (bicyclic) bond motifs is 1. The van der Waals surface area contributed by atoms with Gasteiger partial charge in [0.15, 0.2) is 11.5 Å². The fraction of sp³-hybridized carbons (Fsp3) is 0.286. The zero-order chi connectivity index (χ0) is 13.8. The molecule has 0 atom stereocenters. The number of ether oxygens (including phenoxy) is 2. The number of pyridine rings is 1. The van der Waals surface area contributed by atoms with E-state index in [2.05, 4.69) is 4.98 Å². The van der Waals surface area contributed by atoms with Gasteiger partial charge in [-0.25, -0.2) is 0 Å². The van der Waals surface area contributed by atoms with Crippen molar-refractivity contribution in [1.29, 1.82) is 0 Å². The summed E-state index contributed by atoms with van der Waals surface area (Å²) in [7, 11) is 1.56. The number of aromatic nitrogens is 1. The summed E-state index contributed by atoms with van der Waals surface area (Å²) in [6.45, 7) is 2.42. The SMILES string of the molecule is CCOc1cc2cncc(CC(=O)O)c2cc1OC.[LiH]. The number of nitrogens with zero attached hydrogens (tertiary/aromatic N) is 1. The van der Waals surface area contributed by atoms with Gasteiger partial charge in [0.2, 0.25) is 0 Å². The number of methoxy groups -OCH3 is 1. The van der Waals surface area contributed by atoms with E-state index in [4.69, 9.17) is 14.6 Å². The van der Waals surface area contributed by atoms with Crippen LogP contribution >= 0.6 is 0 Å². The Labute approximate surface area is 129 Å². The molecule has 0 aliphatic heterocycles. The molecule has 1 aromatic heterocycles. The van der Waals surface area contributed by atoms with Crippen molar-refractivity contribution in [3.8, 4) is 11.5 Å². The van der Waals surface area contributed by atoms with Crippen molar-refractivity contribution in [1.82, 2.24) is 4.98 Å². The van der Waals surface area contributed by atoms with Crippen LogP contribution in [0, 0.1) is 0 Å². The molecule has 1 N–H and O–H groups in total. The second kappa shape index (κ2) is 7.18. The maximum absolute atomic E-state index is 10.9. The van der Waals surface area contributed by atoms with Crippen molar-refractivity contribution in [3.05, 3.63) is 30.1 Å². The summed E-state index contributed by atoms with van der Waals surface area (Å²) in [5.74, 6) is 0.334. The zero-order valence-electron chi connectivity index (χ0n) is 10.8. The first-order valence-corrected chi connectivity index (χ1v) is 5.95. The molecule has 0 unspecified atom stereocenters. The van der Waals surface area contributed by atoms with Gasteiger partial charge in [-0.3, -0.25) is 9.78 Å². The van der Waals surface area contributed by atoms with Gasteiger partial charge in [-0.05, 0) is 30.0 Å². The molecular weight excluding hydrogens is 253 g/mol. The van der Waals surface area contributed by atoms with Crippen molar-refractivity contribution < 1.29 is 19.4 Å². The van der Waals surface area contributed by atoms with E-state index in [-0.39, 0.29) is 25.3 Å². The summed E-state index contributed by atoms with van der Waals surface area (Å²) in [5.41, 5.74) is 0.659. The van der Waals surface area contributed by atoms with E-state index in [0.29, 0.717) is 23.7 Å². The molecule has 1 aromatic carbocycles. The Bertz CT molecular complexity index is 615. The summed E-state index contributed by atoms with van der Waals surface area (Å²) in [6.07, 6.45) is 3.18. The van der Waals surface area contributed by atoms with Gasteiger partial charge in [0.1, 0.15) is 0 Å². The van der Waals surface area contributed by atoms with Crippen molar-refractivity contribution >= 4 is 35.6 Å². The van der Waals surface area contributed by atoms with Crippen LogP contribution in [0.25, 0.3) is 10.8 Å². The summed E-state index contributed by atoms with van der Waals surface area (Å²) in [6, 6.07) is 3.61. The molecule has 102 valence electrons. The third kappa shape index (κ3) is 3.44. The quantitative estimate of drug-likeness (QED) is 0.835. The van der Waals surface area contributed by atoms with Crippen molar-refractivity contribution in [2.75, 3.05) is 13.7 Å². The van der Waals surface area contributed by atoms with Crippen molar-refractivity contribution in [2.24, 2.45) is 0 Å². The van der Waals surface area contributed by atoms with Crippen LogP contribution in [0.4, 0.5) is 0 Å². The first kappa shape index (κ1) is 16.4. The number of hydrogen-bond acceptors (Lipinski definition) is 4. The molecule has 2 aromatic rings. The van der Waals surface area contributed by atoms with Crippen LogP contribution in [-0.4, -0.2) is 48.6 Å². The minimum absolute atomic E-state index is 0. The fourth-order valence-electron chi connectivity index (χ4n) is 1.97. The molecule has 0 radical (unpaired) electrons. The maximum atomic E-state index is 10.9. The molecule has 5 nitrogen and oxygen atoms in total. The Balaban J connectivity index is 0.00000200. The van der Waals surface area contributed by atoms with Gasteiger partial charge < -0.3 is 14.6 Å². The van der Waals surface area contributed by atoms with Gasteiger partial charge in [0, 0.05) is 17.8 Å². The fourth-order valence-corrected chi connectivity index (χ4v) is 1.97. The van der Waals surface area contributed by atoms with Gasteiger partial charge >= 0.3 is 24.8 Å². The van der Waals surface area contributed by atoms with Crippen LogP contribution in [0.15, 0.2) is 24.5 Å². The van der Waals surface area contributed by atoms with Crippen LogP contribution in [-0.2, 0) is 11.2 Å². The van der Waals surface area contributed by atoms with Crippen LogP contribution in [0.5, 0.6) is 11.5 Å². The third-order valence-electron chi connectivity index (χ3n) is 2.77. The monoisotopic (exact) mass is 269 g/mol. The van der Waals surface area contributed by atoms with Gasteiger partial charge in [0.25, 0.3) is 0 Å². The molecule has 1 heterocycles. The van der Waals surface area contributed by atoms with E-state index < -0.39 is 5.97 Å². The van der Waals surface area contributed by atoms with E-state index in [0.717, 1.165) is 10.8 Å². The number of hydrogen-bond donors (Lipinski definition) is 1. The van der Waals surface area contributed by atoms with Gasteiger partial charge in [-0.1, -0.05) is 0 Å². The molecule has 0 bridgehead atoms. The second-order valence-corrected chi connectivity index (χ2v) is 4.03. The Hall–Kier alpha value is -1.70. The van der Waals surface area contributed by atoms with Crippen LogP contribution < -0.4 is 9.47 Å². The standard InChI is InChI=1S/C14H15NO4.Li.H/c1-3-19-13-4-9-7-15-8-10(5-14(16)17)11(9)6-12(13)18-2;;/h4,6-8H,3,5H2,1-2H3,(H,16,17);;. The molecule has 0 aliphatic rings. The number of aliphatic carboxylic acids is 1. The number of benzene rings is 1. The van der Waals surface area contributed by atoms with E-state index in [1.807, 2.05) is 13.0 Å². The normalized spacial score (nSPS) is 9.90. The van der Waals surface area contributed by atoms with Gasteiger partial charge in [0.05, 0.1) is 20.1 Å². The van der Waals surface area contributed by atoms with Gasteiger partial charge in [-0.15, -0.1) is 0 Å². The first-order valence-electron chi connectivity index (χ1n) is 5.95. The predicted molar refractivity (Wildman–Crippen MR) is 78.0 cm³/mol. The third-order valence-corrected chi connectivity index (χ3v) is 2.77. The molecule has 0 fully saturated rings. The van der Waals surface area contributed by atoms with E-state index in [1.54, 1.807) is 25.6 Å². The van der Waals surface area contributed by atoms with Crippen LogP contribution in [0.2, 0.25) is 0 Å². The summed E-state index contributed by atoms with van der Waals surface area (Å²) < 4.78 is 10.8. The Morgan fingerprint density at radius 2 is 2.05 bits per heavy atom. The molecule has 6 heteroatoms. The number of rotatable bonds is 5. The zero-order valence-corrected chi connectivity index (χ0v) is 10.8. The topological polar surface area (TPSA) is 68.7 Å². The second-order valence-electron chi connectivity index (χ2n) is 4.03. The molecule has 2 rings (SSSR count). The Morgan fingerprint density at radius 3 is 2.65 bits per heavy atom. The molecular formula is C14H16LiNO4. The molecule has 0 spiro atoms.